The first-order valence-corrected chi connectivity index (χ1v) is 9.49. The van der Waals surface area contributed by atoms with Gasteiger partial charge in [0.1, 0.15) is 18.1 Å². The van der Waals surface area contributed by atoms with Gasteiger partial charge < -0.3 is 14.2 Å². The van der Waals surface area contributed by atoms with Crippen LogP contribution in [0.1, 0.15) is 30.4 Å². The number of hydrogen-bond acceptors (Lipinski definition) is 4. The molecule has 4 rings (SSSR count). The molecule has 0 N–H and O–H groups in total. The molecule has 27 heavy (non-hydrogen) atoms. The van der Waals surface area contributed by atoms with Gasteiger partial charge in [0.2, 0.25) is 11.5 Å². The molecule has 1 saturated carbocycles. The summed E-state index contributed by atoms with van der Waals surface area (Å²) in [6, 6.07) is 17.8. The van der Waals surface area contributed by atoms with E-state index >= 15 is 0 Å². The standard InChI is InChI=1S/C23H24O4/c1-16-7-9-18(10-8-16)27-22-15-26-21-13-19(11-12-20(21)23(22)24)25-14-17-5-3-2-4-6-17/h2-10,15,19-21H,11-14H2,1H3. The van der Waals surface area contributed by atoms with E-state index in [1.165, 1.54) is 6.26 Å². The van der Waals surface area contributed by atoms with Crippen LogP contribution in [0.5, 0.6) is 5.75 Å². The smallest absolute Gasteiger partial charge is 0.207 e. The molecule has 140 valence electrons. The van der Waals surface area contributed by atoms with Crippen molar-refractivity contribution in [1.82, 2.24) is 0 Å². The molecule has 1 heterocycles. The normalized spacial score (nSPS) is 24.6. The fourth-order valence-corrected chi connectivity index (χ4v) is 3.68. The molecule has 0 amide bonds. The van der Waals surface area contributed by atoms with Gasteiger partial charge in [-0.3, -0.25) is 4.79 Å². The number of ether oxygens (including phenoxy) is 3. The van der Waals surface area contributed by atoms with Gasteiger partial charge in [-0.1, -0.05) is 48.0 Å². The third-order valence-corrected chi connectivity index (χ3v) is 5.25. The maximum absolute atomic E-state index is 12.8. The summed E-state index contributed by atoms with van der Waals surface area (Å²) in [6.45, 7) is 2.61. The third-order valence-electron chi connectivity index (χ3n) is 5.25. The van der Waals surface area contributed by atoms with Gasteiger partial charge in [0.25, 0.3) is 0 Å². The van der Waals surface area contributed by atoms with E-state index in [9.17, 15) is 4.79 Å². The molecule has 2 aromatic carbocycles. The number of aryl methyl sites for hydroxylation is 1. The molecule has 1 aliphatic carbocycles. The topological polar surface area (TPSA) is 44.8 Å². The fraction of sp³-hybridized carbons (Fsp3) is 0.348. The molecule has 2 aromatic rings. The van der Waals surface area contributed by atoms with E-state index in [1.54, 1.807) is 0 Å². The Morgan fingerprint density at radius 2 is 1.81 bits per heavy atom. The van der Waals surface area contributed by atoms with E-state index in [2.05, 4.69) is 12.1 Å². The van der Waals surface area contributed by atoms with Crippen molar-refractivity contribution in [3.8, 4) is 5.75 Å². The van der Waals surface area contributed by atoms with Crippen molar-refractivity contribution in [1.29, 1.82) is 0 Å². The molecule has 1 aliphatic heterocycles. The molecule has 0 radical (unpaired) electrons. The van der Waals surface area contributed by atoms with Crippen LogP contribution in [0.2, 0.25) is 0 Å². The summed E-state index contributed by atoms with van der Waals surface area (Å²) in [5.41, 5.74) is 2.31. The Bertz CT molecular complexity index is 810. The van der Waals surface area contributed by atoms with E-state index in [-0.39, 0.29) is 23.9 Å². The molecule has 3 atom stereocenters. The Morgan fingerprint density at radius 3 is 2.59 bits per heavy atom. The van der Waals surface area contributed by atoms with Gasteiger partial charge >= 0.3 is 0 Å². The SMILES string of the molecule is Cc1ccc(OC2=COC3CC(OCc4ccccc4)CCC3C2=O)cc1. The molecular formula is C23H24O4. The van der Waals surface area contributed by atoms with Crippen molar-refractivity contribution in [2.24, 2.45) is 5.92 Å². The predicted octanol–water partition coefficient (Wildman–Crippen LogP) is 4.57. The minimum atomic E-state index is -0.146. The number of benzene rings is 2. The van der Waals surface area contributed by atoms with Gasteiger partial charge in [0.05, 0.1) is 18.6 Å². The van der Waals surface area contributed by atoms with Crippen molar-refractivity contribution in [3.05, 3.63) is 77.7 Å². The van der Waals surface area contributed by atoms with Crippen molar-refractivity contribution in [2.45, 2.75) is 45.0 Å². The van der Waals surface area contributed by atoms with Gasteiger partial charge in [0.15, 0.2) is 0 Å². The number of hydrogen-bond donors (Lipinski definition) is 0. The summed E-state index contributed by atoms with van der Waals surface area (Å²) in [5.74, 6) is 0.839. The van der Waals surface area contributed by atoms with E-state index in [0.717, 1.165) is 30.4 Å². The van der Waals surface area contributed by atoms with Crippen LogP contribution in [0.25, 0.3) is 0 Å². The maximum atomic E-state index is 12.8. The number of Topliss-reactive ketones (excluding diaryl/α,β-unsaturated/α-hetero) is 1. The highest BCUT2D eigenvalue weighted by Gasteiger charge is 2.41. The molecule has 3 unspecified atom stereocenters. The molecular weight excluding hydrogens is 340 g/mol. The Labute approximate surface area is 159 Å². The number of ketones is 1. The van der Waals surface area contributed by atoms with Crippen LogP contribution in [0, 0.1) is 12.8 Å². The summed E-state index contributed by atoms with van der Waals surface area (Å²) in [6.07, 6.45) is 3.82. The second-order valence-corrected chi connectivity index (χ2v) is 7.27. The first-order valence-electron chi connectivity index (χ1n) is 9.49. The lowest BCUT2D eigenvalue weighted by Gasteiger charge is -2.37. The minimum absolute atomic E-state index is 0.0355. The van der Waals surface area contributed by atoms with Gasteiger partial charge in [-0.05, 0) is 37.5 Å². The maximum Gasteiger partial charge on any atom is 0.207 e. The lowest BCUT2D eigenvalue weighted by molar-refractivity contribution is -0.134. The Morgan fingerprint density at radius 1 is 1.04 bits per heavy atom. The number of rotatable bonds is 5. The van der Waals surface area contributed by atoms with Crippen molar-refractivity contribution in [2.75, 3.05) is 0 Å². The summed E-state index contributed by atoms with van der Waals surface area (Å²) in [7, 11) is 0. The van der Waals surface area contributed by atoms with Crippen LogP contribution in [-0.4, -0.2) is 18.0 Å². The first-order chi connectivity index (χ1) is 13.2. The van der Waals surface area contributed by atoms with Crippen molar-refractivity contribution < 1.29 is 19.0 Å². The quantitative estimate of drug-likeness (QED) is 0.780. The number of carbonyl (C=O) groups is 1. The first kappa shape index (κ1) is 17.8. The van der Waals surface area contributed by atoms with E-state index in [1.807, 2.05) is 49.4 Å². The van der Waals surface area contributed by atoms with Crippen LogP contribution in [0.15, 0.2) is 66.6 Å². The van der Waals surface area contributed by atoms with Crippen LogP contribution >= 0.6 is 0 Å². The molecule has 0 saturated heterocycles. The average Bonchev–Trinajstić information content (AvgIpc) is 2.71. The molecule has 0 spiro atoms. The summed E-state index contributed by atoms with van der Waals surface area (Å²) >= 11 is 0. The van der Waals surface area contributed by atoms with Crippen LogP contribution < -0.4 is 4.74 Å². The van der Waals surface area contributed by atoms with Crippen LogP contribution in [0.4, 0.5) is 0 Å². The molecule has 0 bridgehead atoms. The molecule has 4 nitrogen and oxygen atoms in total. The molecule has 2 aliphatic rings. The highest BCUT2D eigenvalue weighted by Crippen LogP contribution is 2.35. The van der Waals surface area contributed by atoms with E-state index in [0.29, 0.717) is 18.1 Å². The van der Waals surface area contributed by atoms with E-state index < -0.39 is 0 Å². The van der Waals surface area contributed by atoms with Crippen LogP contribution in [0.3, 0.4) is 0 Å². The van der Waals surface area contributed by atoms with Crippen LogP contribution in [-0.2, 0) is 20.9 Å². The number of fused-ring (bicyclic) bond motifs is 1. The Kier molecular flexibility index (Phi) is 5.26. The van der Waals surface area contributed by atoms with Crippen molar-refractivity contribution in [3.63, 3.8) is 0 Å². The van der Waals surface area contributed by atoms with Crippen molar-refractivity contribution >= 4 is 5.78 Å². The molecule has 1 fully saturated rings. The third kappa shape index (κ3) is 4.22. The summed E-state index contributed by atoms with van der Waals surface area (Å²) in [4.78, 5) is 12.8. The number of allylic oxidation sites excluding steroid dienone is 1. The zero-order valence-corrected chi connectivity index (χ0v) is 15.5. The average molecular weight is 364 g/mol. The van der Waals surface area contributed by atoms with Gasteiger partial charge in [0, 0.05) is 6.42 Å². The predicted molar refractivity (Wildman–Crippen MR) is 102 cm³/mol. The summed E-state index contributed by atoms with van der Waals surface area (Å²) < 4.78 is 17.7. The van der Waals surface area contributed by atoms with Gasteiger partial charge in [-0.15, -0.1) is 0 Å². The Balaban J connectivity index is 1.35. The molecule has 0 aromatic heterocycles. The monoisotopic (exact) mass is 364 g/mol. The number of carbonyl (C=O) groups excluding carboxylic acids is 1. The molecule has 4 heteroatoms. The zero-order chi connectivity index (χ0) is 18.6. The second kappa shape index (κ2) is 7.97. The van der Waals surface area contributed by atoms with Gasteiger partial charge in [-0.2, -0.15) is 0 Å². The van der Waals surface area contributed by atoms with E-state index in [4.69, 9.17) is 14.2 Å². The highest BCUT2D eigenvalue weighted by atomic mass is 16.5. The lowest BCUT2D eigenvalue weighted by Crippen LogP contribution is -2.42. The fourth-order valence-electron chi connectivity index (χ4n) is 3.68. The largest absolute Gasteiger partial charge is 0.493 e. The minimum Gasteiger partial charge on any atom is -0.493 e. The Hall–Kier alpha value is -2.59. The summed E-state index contributed by atoms with van der Waals surface area (Å²) in [5, 5.41) is 0. The second-order valence-electron chi connectivity index (χ2n) is 7.27. The zero-order valence-electron chi connectivity index (χ0n) is 15.5. The highest BCUT2D eigenvalue weighted by molar-refractivity contribution is 5.96. The lowest BCUT2D eigenvalue weighted by atomic mass is 9.80. The van der Waals surface area contributed by atoms with Gasteiger partial charge in [-0.25, -0.2) is 0 Å².